The highest BCUT2D eigenvalue weighted by atomic mass is 19.1. The van der Waals surface area contributed by atoms with Crippen molar-refractivity contribution in [2.45, 2.75) is 19.0 Å². The molecule has 0 aliphatic rings. The number of aliphatic hydroxyl groups excluding tert-OH is 1. The standard InChI is InChI=1S/C12H15F3O4/c13-7-17-12(18-8-14,19-9-15)5-10-2-1-3-11(4-10)6-16/h1-4,16H,5-9H2. The molecule has 0 saturated heterocycles. The normalized spacial score (nSPS) is 11.8. The molecular weight excluding hydrogens is 265 g/mol. The first-order valence-corrected chi connectivity index (χ1v) is 5.48. The zero-order valence-corrected chi connectivity index (χ0v) is 10.2. The van der Waals surface area contributed by atoms with E-state index in [2.05, 4.69) is 14.2 Å². The molecule has 0 saturated carbocycles. The average Bonchev–Trinajstić information content (AvgIpc) is 2.40. The summed E-state index contributed by atoms with van der Waals surface area (Å²) in [5.74, 6) is -2.16. The Morgan fingerprint density at radius 3 is 1.95 bits per heavy atom. The molecule has 108 valence electrons. The minimum Gasteiger partial charge on any atom is -0.392 e. The van der Waals surface area contributed by atoms with E-state index >= 15 is 0 Å². The number of alkyl halides is 3. The summed E-state index contributed by atoms with van der Waals surface area (Å²) in [6.07, 6.45) is -0.224. The maximum atomic E-state index is 12.3. The summed E-state index contributed by atoms with van der Waals surface area (Å²) in [5, 5.41) is 9.00. The van der Waals surface area contributed by atoms with Crippen LogP contribution >= 0.6 is 0 Å². The highest BCUT2D eigenvalue weighted by Gasteiger charge is 2.35. The molecule has 1 N–H and O–H groups in total. The molecule has 0 radical (unpaired) electrons. The van der Waals surface area contributed by atoms with Gasteiger partial charge >= 0.3 is 0 Å². The zero-order valence-electron chi connectivity index (χ0n) is 10.2. The molecule has 0 aliphatic heterocycles. The predicted octanol–water partition coefficient (Wildman–Crippen LogP) is 2.21. The molecule has 0 fully saturated rings. The highest BCUT2D eigenvalue weighted by molar-refractivity contribution is 5.23. The Hall–Kier alpha value is -1.15. The van der Waals surface area contributed by atoms with Gasteiger partial charge in [-0.2, -0.15) is 0 Å². The van der Waals surface area contributed by atoms with Crippen molar-refractivity contribution in [1.29, 1.82) is 0 Å². The Labute approximate surface area is 108 Å². The average molecular weight is 280 g/mol. The maximum absolute atomic E-state index is 12.3. The van der Waals surface area contributed by atoms with Gasteiger partial charge in [0, 0.05) is 0 Å². The van der Waals surface area contributed by atoms with E-state index in [-0.39, 0.29) is 13.0 Å². The fourth-order valence-electron chi connectivity index (χ4n) is 1.62. The Morgan fingerprint density at radius 1 is 0.947 bits per heavy atom. The minimum absolute atomic E-state index is 0.196. The fraction of sp³-hybridized carbons (Fsp3) is 0.500. The molecule has 1 aromatic carbocycles. The van der Waals surface area contributed by atoms with Crippen molar-refractivity contribution in [3.63, 3.8) is 0 Å². The molecule has 0 spiro atoms. The molecule has 0 aromatic heterocycles. The molecular formula is C12H15F3O4. The third-order valence-electron chi connectivity index (χ3n) is 2.42. The van der Waals surface area contributed by atoms with Gasteiger partial charge in [0.25, 0.3) is 5.97 Å². The quantitative estimate of drug-likeness (QED) is 0.704. The molecule has 0 unspecified atom stereocenters. The van der Waals surface area contributed by atoms with Crippen LogP contribution < -0.4 is 0 Å². The summed E-state index contributed by atoms with van der Waals surface area (Å²) >= 11 is 0. The van der Waals surface area contributed by atoms with Crippen molar-refractivity contribution in [1.82, 2.24) is 0 Å². The minimum atomic E-state index is -2.16. The number of hydrogen-bond donors (Lipinski definition) is 1. The van der Waals surface area contributed by atoms with E-state index in [1.807, 2.05) is 0 Å². The van der Waals surface area contributed by atoms with Crippen LogP contribution in [-0.2, 0) is 27.2 Å². The molecule has 0 heterocycles. The molecule has 0 aliphatic carbocycles. The molecule has 19 heavy (non-hydrogen) atoms. The summed E-state index contributed by atoms with van der Waals surface area (Å²) in [5.41, 5.74) is 1.11. The van der Waals surface area contributed by atoms with E-state index in [0.717, 1.165) is 0 Å². The number of benzene rings is 1. The topological polar surface area (TPSA) is 47.9 Å². The van der Waals surface area contributed by atoms with Crippen molar-refractivity contribution >= 4 is 0 Å². The van der Waals surface area contributed by atoms with Gasteiger partial charge in [0.2, 0.25) is 0 Å². The molecule has 0 bridgehead atoms. The Bertz CT molecular complexity index is 359. The van der Waals surface area contributed by atoms with Gasteiger partial charge in [0.1, 0.15) is 0 Å². The van der Waals surface area contributed by atoms with Crippen LogP contribution in [0.5, 0.6) is 0 Å². The number of rotatable bonds is 9. The molecule has 4 nitrogen and oxygen atoms in total. The van der Waals surface area contributed by atoms with E-state index in [9.17, 15) is 13.2 Å². The van der Waals surface area contributed by atoms with Gasteiger partial charge in [-0.1, -0.05) is 24.3 Å². The van der Waals surface area contributed by atoms with Gasteiger partial charge in [-0.05, 0) is 11.1 Å². The molecule has 7 heteroatoms. The smallest absolute Gasteiger partial charge is 0.293 e. The summed E-state index contributed by atoms with van der Waals surface area (Å²) in [6.45, 7) is -4.15. The van der Waals surface area contributed by atoms with Crippen molar-refractivity contribution in [2.75, 3.05) is 20.6 Å². The molecule has 0 atom stereocenters. The van der Waals surface area contributed by atoms with Crippen LogP contribution in [0.4, 0.5) is 13.2 Å². The van der Waals surface area contributed by atoms with E-state index in [1.165, 1.54) is 0 Å². The van der Waals surface area contributed by atoms with Gasteiger partial charge in [-0.25, -0.2) is 13.2 Å². The molecule has 1 rings (SSSR count). The van der Waals surface area contributed by atoms with Gasteiger partial charge in [0.15, 0.2) is 20.6 Å². The van der Waals surface area contributed by atoms with Gasteiger partial charge in [-0.15, -0.1) is 0 Å². The second-order valence-corrected chi connectivity index (χ2v) is 3.60. The first-order valence-electron chi connectivity index (χ1n) is 5.48. The van der Waals surface area contributed by atoms with Crippen molar-refractivity contribution < 1.29 is 32.5 Å². The molecule has 1 aromatic rings. The van der Waals surface area contributed by atoms with E-state index < -0.39 is 26.6 Å². The second kappa shape index (κ2) is 8.11. The Kier molecular flexibility index (Phi) is 6.79. The summed E-state index contributed by atoms with van der Waals surface area (Å²) < 4.78 is 50.6. The van der Waals surface area contributed by atoms with Crippen LogP contribution in [0.25, 0.3) is 0 Å². The Balaban J connectivity index is 2.90. The van der Waals surface area contributed by atoms with Crippen molar-refractivity contribution in [3.05, 3.63) is 35.4 Å². The Morgan fingerprint density at radius 2 is 1.47 bits per heavy atom. The first-order chi connectivity index (χ1) is 9.19. The van der Waals surface area contributed by atoms with Gasteiger partial charge in [0.05, 0.1) is 13.0 Å². The summed E-state index contributed by atoms with van der Waals surface area (Å²) in [7, 11) is 0. The van der Waals surface area contributed by atoms with E-state index in [1.54, 1.807) is 24.3 Å². The van der Waals surface area contributed by atoms with Crippen molar-refractivity contribution in [3.8, 4) is 0 Å². The lowest BCUT2D eigenvalue weighted by molar-refractivity contribution is -0.403. The SMILES string of the molecule is OCc1cccc(CC(OCF)(OCF)OCF)c1. The van der Waals surface area contributed by atoms with Crippen LogP contribution in [0.1, 0.15) is 11.1 Å². The third kappa shape index (κ3) is 4.79. The van der Waals surface area contributed by atoms with Crippen LogP contribution in [0.2, 0.25) is 0 Å². The van der Waals surface area contributed by atoms with E-state index in [0.29, 0.717) is 11.1 Å². The largest absolute Gasteiger partial charge is 0.392 e. The van der Waals surface area contributed by atoms with E-state index in [4.69, 9.17) is 5.11 Å². The summed E-state index contributed by atoms with van der Waals surface area (Å²) in [4.78, 5) is 0. The van der Waals surface area contributed by atoms with Gasteiger partial charge in [-0.3, -0.25) is 14.2 Å². The maximum Gasteiger partial charge on any atom is 0.293 e. The van der Waals surface area contributed by atoms with Crippen LogP contribution in [0.3, 0.4) is 0 Å². The number of hydrogen-bond acceptors (Lipinski definition) is 4. The van der Waals surface area contributed by atoms with Crippen LogP contribution in [0.15, 0.2) is 24.3 Å². The molecule has 0 amide bonds. The predicted molar refractivity (Wildman–Crippen MR) is 60.0 cm³/mol. The second-order valence-electron chi connectivity index (χ2n) is 3.60. The lowest BCUT2D eigenvalue weighted by atomic mass is 10.1. The zero-order chi connectivity index (χ0) is 14.1. The lowest BCUT2D eigenvalue weighted by Crippen LogP contribution is -2.41. The summed E-state index contributed by atoms with van der Waals surface area (Å²) in [6, 6.07) is 6.47. The lowest BCUT2D eigenvalue weighted by Gasteiger charge is -2.29. The highest BCUT2D eigenvalue weighted by Crippen LogP contribution is 2.23. The van der Waals surface area contributed by atoms with Crippen LogP contribution in [-0.4, -0.2) is 31.7 Å². The van der Waals surface area contributed by atoms with Crippen molar-refractivity contribution in [2.24, 2.45) is 0 Å². The number of aliphatic hydroxyl groups is 1. The first kappa shape index (κ1) is 15.9. The number of halogens is 3. The monoisotopic (exact) mass is 280 g/mol. The third-order valence-corrected chi connectivity index (χ3v) is 2.42. The fourth-order valence-corrected chi connectivity index (χ4v) is 1.62. The van der Waals surface area contributed by atoms with Crippen LogP contribution in [0, 0.1) is 0 Å². The number of ether oxygens (including phenoxy) is 3. The van der Waals surface area contributed by atoms with Gasteiger partial charge < -0.3 is 5.11 Å².